The number of nitrogens with zero attached hydrogens (tertiary/aromatic N) is 1. The molecule has 0 aromatic carbocycles. The maximum atomic E-state index is 5.87. The summed E-state index contributed by atoms with van der Waals surface area (Å²) < 4.78 is 0. The minimum atomic E-state index is 0.181. The predicted octanol–water partition coefficient (Wildman–Crippen LogP) is 2.80. The number of nitrogen functional groups attached to an aromatic ring is 1. The Kier molecular flexibility index (Phi) is 2.80. The predicted molar refractivity (Wildman–Crippen MR) is 63.8 cm³/mol. The highest BCUT2D eigenvalue weighted by Crippen LogP contribution is 2.31. The highest BCUT2D eigenvalue weighted by molar-refractivity contribution is 5.61. The van der Waals surface area contributed by atoms with Crippen LogP contribution in [0, 0.1) is 0 Å². The van der Waals surface area contributed by atoms with Crippen LogP contribution in [0.4, 0.5) is 11.5 Å². The molecule has 0 atom stereocenters. The van der Waals surface area contributed by atoms with Gasteiger partial charge in [-0.3, -0.25) is 0 Å². The molecule has 0 aliphatic heterocycles. The van der Waals surface area contributed by atoms with Crippen molar-refractivity contribution < 1.29 is 0 Å². The molecule has 1 saturated carbocycles. The second-order valence-electron chi connectivity index (χ2n) is 4.69. The molecular formula is C12H19N3. The van der Waals surface area contributed by atoms with Crippen LogP contribution in [-0.4, -0.2) is 10.5 Å². The molecule has 1 fully saturated rings. The zero-order valence-corrected chi connectivity index (χ0v) is 9.29. The smallest absolute Gasteiger partial charge is 0.149 e. The fourth-order valence-electron chi connectivity index (χ4n) is 2.27. The first-order valence-corrected chi connectivity index (χ1v) is 5.68. The number of anilines is 2. The summed E-state index contributed by atoms with van der Waals surface area (Å²) in [6.45, 7) is 2.26. The van der Waals surface area contributed by atoms with Gasteiger partial charge in [0, 0.05) is 11.7 Å². The highest BCUT2D eigenvalue weighted by Gasteiger charge is 2.27. The van der Waals surface area contributed by atoms with Crippen molar-refractivity contribution in [2.24, 2.45) is 0 Å². The lowest BCUT2D eigenvalue weighted by Gasteiger charge is -2.35. The summed E-state index contributed by atoms with van der Waals surface area (Å²) in [5.41, 5.74) is 6.79. The quantitative estimate of drug-likeness (QED) is 0.780. The van der Waals surface area contributed by atoms with Gasteiger partial charge in [-0.1, -0.05) is 19.3 Å². The van der Waals surface area contributed by atoms with E-state index in [1.165, 1.54) is 32.1 Å². The first-order valence-electron chi connectivity index (χ1n) is 5.68. The van der Waals surface area contributed by atoms with E-state index in [1.54, 1.807) is 6.20 Å². The molecule has 0 unspecified atom stereocenters. The first-order chi connectivity index (χ1) is 7.20. The third kappa shape index (κ3) is 2.41. The van der Waals surface area contributed by atoms with Crippen molar-refractivity contribution in [3.63, 3.8) is 0 Å². The Balaban J connectivity index is 2.10. The van der Waals surface area contributed by atoms with E-state index >= 15 is 0 Å². The lowest BCUT2D eigenvalue weighted by Crippen LogP contribution is -2.37. The van der Waals surface area contributed by atoms with Gasteiger partial charge in [-0.25, -0.2) is 4.98 Å². The molecule has 1 aromatic heterocycles. The van der Waals surface area contributed by atoms with E-state index in [0.717, 1.165) is 11.5 Å². The van der Waals surface area contributed by atoms with Gasteiger partial charge >= 0.3 is 0 Å². The standard InChI is InChI=1S/C12H19N3/c1-12(7-3-2-4-8-12)15-11-10(13)6-5-9-14-11/h5-6,9H,2-4,7-8,13H2,1H3,(H,14,15). The van der Waals surface area contributed by atoms with Gasteiger partial charge < -0.3 is 11.1 Å². The largest absolute Gasteiger partial charge is 0.396 e. The molecule has 3 heteroatoms. The van der Waals surface area contributed by atoms with Crippen LogP contribution in [0.15, 0.2) is 18.3 Å². The molecule has 15 heavy (non-hydrogen) atoms. The Bertz CT molecular complexity index is 329. The lowest BCUT2D eigenvalue weighted by molar-refractivity contribution is 0.348. The molecule has 0 saturated heterocycles. The van der Waals surface area contributed by atoms with Crippen molar-refractivity contribution in [2.45, 2.75) is 44.6 Å². The zero-order valence-electron chi connectivity index (χ0n) is 9.29. The van der Waals surface area contributed by atoms with Gasteiger partial charge in [0.05, 0.1) is 5.69 Å². The number of hydrogen-bond acceptors (Lipinski definition) is 3. The van der Waals surface area contributed by atoms with Crippen LogP contribution < -0.4 is 11.1 Å². The second-order valence-corrected chi connectivity index (χ2v) is 4.69. The van der Waals surface area contributed by atoms with Crippen LogP contribution in [0.5, 0.6) is 0 Å². The van der Waals surface area contributed by atoms with E-state index in [4.69, 9.17) is 5.73 Å². The van der Waals surface area contributed by atoms with E-state index in [2.05, 4.69) is 17.2 Å². The number of hydrogen-bond donors (Lipinski definition) is 2. The zero-order chi connectivity index (χ0) is 10.7. The normalized spacial score (nSPS) is 19.8. The van der Waals surface area contributed by atoms with Gasteiger partial charge in [-0.15, -0.1) is 0 Å². The molecule has 1 aliphatic carbocycles. The monoisotopic (exact) mass is 205 g/mol. The van der Waals surface area contributed by atoms with Crippen molar-refractivity contribution in [3.8, 4) is 0 Å². The molecular weight excluding hydrogens is 186 g/mol. The fraction of sp³-hybridized carbons (Fsp3) is 0.583. The van der Waals surface area contributed by atoms with Crippen molar-refractivity contribution in [3.05, 3.63) is 18.3 Å². The summed E-state index contributed by atoms with van der Waals surface area (Å²) in [5, 5.41) is 3.49. The van der Waals surface area contributed by atoms with Gasteiger partial charge in [-0.05, 0) is 31.9 Å². The van der Waals surface area contributed by atoms with Gasteiger partial charge in [-0.2, -0.15) is 0 Å². The number of rotatable bonds is 2. The van der Waals surface area contributed by atoms with E-state index in [0.29, 0.717) is 0 Å². The van der Waals surface area contributed by atoms with Crippen molar-refractivity contribution in [1.82, 2.24) is 4.98 Å². The SMILES string of the molecule is CC1(Nc2ncccc2N)CCCCC1. The van der Waals surface area contributed by atoms with Gasteiger partial charge in [0.1, 0.15) is 5.82 Å². The minimum Gasteiger partial charge on any atom is -0.396 e. The fourth-order valence-corrected chi connectivity index (χ4v) is 2.27. The Hall–Kier alpha value is -1.25. The van der Waals surface area contributed by atoms with Crippen molar-refractivity contribution >= 4 is 11.5 Å². The van der Waals surface area contributed by atoms with Gasteiger partial charge in [0.2, 0.25) is 0 Å². The molecule has 1 aromatic rings. The molecule has 3 N–H and O–H groups in total. The molecule has 2 rings (SSSR count). The molecule has 0 radical (unpaired) electrons. The van der Waals surface area contributed by atoms with Crippen LogP contribution in [0.25, 0.3) is 0 Å². The minimum absolute atomic E-state index is 0.181. The third-order valence-corrected chi connectivity index (χ3v) is 3.22. The van der Waals surface area contributed by atoms with E-state index in [-0.39, 0.29) is 5.54 Å². The lowest BCUT2D eigenvalue weighted by atomic mass is 9.83. The van der Waals surface area contributed by atoms with Crippen LogP contribution in [-0.2, 0) is 0 Å². The topological polar surface area (TPSA) is 50.9 Å². The Morgan fingerprint density at radius 3 is 2.73 bits per heavy atom. The maximum absolute atomic E-state index is 5.87. The van der Waals surface area contributed by atoms with Crippen LogP contribution in [0.2, 0.25) is 0 Å². The van der Waals surface area contributed by atoms with Crippen LogP contribution in [0.3, 0.4) is 0 Å². The maximum Gasteiger partial charge on any atom is 0.149 e. The number of nitrogens with one attached hydrogen (secondary N) is 1. The van der Waals surface area contributed by atoms with Gasteiger partial charge in [0.25, 0.3) is 0 Å². The summed E-state index contributed by atoms with van der Waals surface area (Å²) in [5.74, 6) is 0.835. The Labute approximate surface area is 91.1 Å². The summed E-state index contributed by atoms with van der Waals surface area (Å²) in [6, 6.07) is 3.76. The molecule has 0 amide bonds. The molecule has 3 nitrogen and oxygen atoms in total. The average molecular weight is 205 g/mol. The van der Waals surface area contributed by atoms with Crippen LogP contribution in [0.1, 0.15) is 39.0 Å². The second kappa shape index (κ2) is 4.09. The van der Waals surface area contributed by atoms with E-state index in [1.807, 2.05) is 12.1 Å². The molecule has 1 aliphatic rings. The van der Waals surface area contributed by atoms with Crippen molar-refractivity contribution in [1.29, 1.82) is 0 Å². The van der Waals surface area contributed by atoms with Crippen molar-refractivity contribution in [2.75, 3.05) is 11.1 Å². The number of aromatic nitrogens is 1. The molecule has 0 bridgehead atoms. The van der Waals surface area contributed by atoms with E-state index < -0.39 is 0 Å². The highest BCUT2D eigenvalue weighted by atomic mass is 15.1. The first kappa shape index (κ1) is 10.3. The Morgan fingerprint density at radius 2 is 2.07 bits per heavy atom. The van der Waals surface area contributed by atoms with Crippen LogP contribution >= 0.6 is 0 Å². The molecule has 1 heterocycles. The third-order valence-electron chi connectivity index (χ3n) is 3.22. The van der Waals surface area contributed by atoms with Gasteiger partial charge in [0.15, 0.2) is 0 Å². The summed E-state index contributed by atoms with van der Waals surface area (Å²) in [4.78, 5) is 4.28. The summed E-state index contributed by atoms with van der Waals surface area (Å²) in [7, 11) is 0. The summed E-state index contributed by atoms with van der Waals surface area (Å²) in [6.07, 6.45) is 8.17. The van der Waals surface area contributed by atoms with E-state index in [9.17, 15) is 0 Å². The molecule has 82 valence electrons. The number of nitrogens with two attached hydrogens (primary N) is 1. The summed E-state index contributed by atoms with van der Waals surface area (Å²) >= 11 is 0. The molecule has 0 spiro atoms. The Morgan fingerprint density at radius 1 is 1.33 bits per heavy atom. The average Bonchev–Trinajstić information content (AvgIpc) is 2.22. The number of pyridine rings is 1.